The highest BCUT2D eigenvalue weighted by atomic mass is 16.5. The molecule has 1 unspecified atom stereocenters. The number of hydrogen-bond acceptors (Lipinski definition) is 3. The number of ketones is 1. The van der Waals surface area contributed by atoms with Crippen LogP contribution in [-0.4, -0.2) is 12.4 Å². The molecule has 3 heteroatoms. The van der Waals surface area contributed by atoms with Crippen LogP contribution >= 0.6 is 0 Å². The molecule has 0 N–H and O–H groups in total. The van der Waals surface area contributed by atoms with E-state index in [0.717, 1.165) is 5.56 Å². The van der Waals surface area contributed by atoms with E-state index in [0.29, 0.717) is 30.1 Å². The molecule has 1 aliphatic heterocycles. The first-order valence-electron chi connectivity index (χ1n) is 7.78. The minimum Gasteiger partial charge on any atom is -0.489 e. The Hall–Kier alpha value is -2.55. The lowest BCUT2D eigenvalue weighted by atomic mass is 9.96. The van der Waals surface area contributed by atoms with Crippen molar-refractivity contribution in [3.63, 3.8) is 0 Å². The summed E-state index contributed by atoms with van der Waals surface area (Å²) in [5.41, 5.74) is 2.85. The molecule has 0 radical (unpaired) electrons. The van der Waals surface area contributed by atoms with E-state index >= 15 is 0 Å². The molecule has 3 rings (SSSR count). The molecule has 3 nitrogen and oxygen atoms in total. The number of hydrogen-bond donors (Lipinski definition) is 0. The van der Waals surface area contributed by atoms with Crippen LogP contribution in [0.4, 0.5) is 0 Å². The van der Waals surface area contributed by atoms with Crippen LogP contribution in [0.3, 0.4) is 0 Å². The third kappa shape index (κ3) is 3.62. The fourth-order valence-electron chi connectivity index (χ4n) is 2.55. The van der Waals surface area contributed by atoms with Gasteiger partial charge in [0.25, 0.3) is 0 Å². The van der Waals surface area contributed by atoms with Gasteiger partial charge >= 0.3 is 0 Å². The van der Waals surface area contributed by atoms with Gasteiger partial charge in [0.15, 0.2) is 5.78 Å². The number of benzene rings is 2. The highest BCUT2D eigenvalue weighted by molar-refractivity contribution is 6.00. The van der Waals surface area contributed by atoms with Crippen molar-refractivity contribution in [2.45, 2.75) is 26.4 Å². The number of allylic oxidation sites excluding steroid dienone is 1. The molecule has 0 amide bonds. The van der Waals surface area contributed by atoms with Crippen LogP contribution in [0.2, 0.25) is 0 Å². The Morgan fingerprint density at radius 3 is 2.74 bits per heavy atom. The van der Waals surface area contributed by atoms with E-state index in [-0.39, 0.29) is 11.9 Å². The zero-order valence-electron chi connectivity index (χ0n) is 13.4. The fraction of sp³-hybridized carbons (Fsp3) is 0.250. The second kappa shape index (κ2) is 6.69. The van der Waals surface area contributed by atoms with E-state index in [2.05, 4.69) is 0 Å². The quantitative estimate of drug-likeness (QED) is 0.765. The van der Waals surface area contributed by atoms with Crippen molar-refractivity contribution in [2.75, 3.05) is 6.61 Å². The maximum Gasteiger partial charge on any atom is 0.170 e. The molecule has 0 aromatic heterocycles. The van der Waals surface area contributed by atoms with Crippen molar-refractivity contribution in [3.05, 3.63) is 71.3 Å². The van der Waals surface area contributed by atoms with Gasteiger partial charge in [-0.1, -0.05) is 35.9 Å². The summed E-state index contributed by atoms with van der Waals surface area (Å²) >= 11 is 0. The Morgan fingerprint density at radius 1 is 1.22 bits per heavy atom. The van der Waals surface area contributed by atoms with E-state index in [1.165, 1.54) is 5.57 Å². The predicted molar refractivity (Wildman–Crippen MR) is 90.1 cm³/mol. The lowest BCUT2D eigenvalue weighted by Gasteiger charge is -2.26. The molecule has 0 aliphatic carbocycles. The maximum absolute atomic E-state index is 12.4. The Labute approximate surface area is 136 Å². The molecule has 1 aliphatic rings. The van der Waals surface area contributed by atoms with Gasteiger partial charge in [-0.3, -0.25) is 4.79 Å². The largest absolute Gasteiger partial charge is 0.489 e. The van der Waals surface area contributed by atoms with Crippen LogP contribution in [-0.2, 0) is 0 Å². The van der Waals surface area contributed by atoms with Gasteiger partial charge in [-0.2, -0.15) is 0 Å². The number of fused-ring (bicyclic) bond motifs is 1. The molecule has 23 heavy (non-hydrogen) atoms. The van der Waals surface area contributed by atoms with Crippen LogP contribution in [0.1, 0.15) is 42.3 Å². The van der Waals surface area contributed by atoms with Gasteiger partial charge in [0.2, 0.25) is 0 Å². The van der Waals surface area contributed by atoms with Gasteiger partial charge in [-0.05, 0) is 37.6 Å². The van der Waals surface area contributed by atoms with E-state index in [4.69, 9.17) is 9.47 Å². The van der Waals surface area contributed by atoms with Crippen LogP contribution in [0.5, 0.6) is 11.5 Å². The highest BCUT2D eigenvalue weighted by Gasteiger charge is 2.27. The number of rotatable bonds is 4. The van der Waals surface area contributed by atoms with Gasteiger partial charge in [0.1, 0.15) is 24.2 Å². The molecular weight excluding hydrogens is 288 g/mol. The first-order chi connectivity index (χ1) is 11.1. The number of carbonyl (C=O) groups is 1. The first-order valence-corrected chi connectivity index (χ1v) is 7.78. The van der Waals surface area contributed by atoms with Crippen molar-refractivity contribution in [2.24, 2.45) is 0 Å². The minimum atomic E-state index is -0.232. The molecule has 2 aromatic rings. The van der Waals surface area contributed by atoms with Crippen LogP contribution in [0, 0.1) is 0 Å². The molecule has 1 atom stereocenters. The summed E-state index contributed by atoms with van der Waals surface area (Å²) < 4.78 is 11.7. The summed E-state index contributed by atoms with van der Waals surface area (Å²) in [6.07, 6.45) is 2.15. The molecule has 2 aromatic carbocycles. The summed E-state index contributed by atoms with van der Waals surface area (Å²) in [4.78, 5) is 12.4. The van der Waals surface area contributed by atoms with Gasteiger partial charge < -0.3 is 9.47 Å². The van der Waals surface area contributed by atoms with Crippen molar-refractivity contribution in [1.82, 2.24) is 0 Å². The average Bonchev–Trinajstić information content (AvgIpc) is 2.55. The van der Waals surface area contributed by atoms with Crippen LogP contribution < -0.4 is 9.47 Å². The van der Waals surface area contributed by atoms with E-state index in [9.17, 15) is 4.79 Å². The molecule has 0 spiro atoms. The molecule has 118 valence electrons. The normalized spacial score (nSPS) is 16.3. The molecule has 1 heterocycles. The molecular formula is C20H20O3. The van der Waals surface area contributed by atoms with Gasteiger partial charge in [0, 0.05) is 6.07 Å². The van der Waals surface area contributed by atoms with Crippen molar-refractivity contribution in [3.8, 4) is 11.5 Å². The number of Topliss-reactive ketones (excluding diaryl/α,β-unsaturated/α-hetero) is 1. The zero-order valence-corrected chi connectivity index (χ0v) is 13.4. The predicted octanol–water partition coefficient (Wildman–Crippen LogP) is 4.74. The van der Waals surface area contributed by atoms with Gasteiger partial charge in [-0.15, -0.1) is 0 Å². The summed E-state index contributed by atoms with van der Waals surface area (Å²) in [6, 6.07) is 15.3. The third-order valence-corrected chi connectivity index (χ3v) is 3.81. The maximum atomic E-state index is 12.4. The van der Waals surface area contributed by atoms with Crippen molar-refractivity contribution >= 4 is 5.78 Å². The molecule has 0 fully saturated rings. The summed E-state index contributed by atoms with van der Waals surface area (Å²) in [6.45, 7) is 4.57. The second-order valence-corrected chi connectivity index (χ2v) is 5.89. The van der Waals surface area contributed by atoms with E-state index < -0.39 is 0 Å². The van der Waals surface area contributed by atoms with Crippen molar-refractivity contribution < 1.29 is 14.3 Å². The smallest absolute Gasteiger partial charge is 0.170 e. The molecule has 0 saturated heterocycles. The fourth-order valence-corrected chi connectivity index (χ4v) is 2.55. The summed E-state index contributed by atoms with van der Waals surface area (Å²) in [7, 11) is 0. The summed E-state index contributed by atoms with van der Waals surface area (Å²) in [5, 5.41) is 0. The van der Waals surface area contributed by atoms with Gasteiger partial charge in [0.05, 0.1) is 12.0 Å². The first kappa shape index (κ1) is 15.3. The Morgan fingerprint density at radius 2 is 2.00 bits per heavy atom. The van der Waals surface area contributed by atoms with Crippen molar-refractivity contribution in [1.29, 1.82) is 0 Å². The van der Waals surface area contributed by atoms with Crippen LogP contribution in [0.25, 0.3) is 0 Å². The Balaban J connectivity index is 1.81. The van der Waals surface area contributed by atoms with Crippen LogP contribution in [0.15, 0.2) is 60.2 Å². The zero-order chi connectivity index (χ0) is 16.2. The van der Waals surface area contributed by atoms with E-state index in [1.54, 1.807) is 12.1 Å². The standard InChI is InChI=1S/C20H20O3/c1-14(2)10-11-22-16-8-9-17-18(21)13-19(23-20(17)12-16)15-6-4-3-5-7-15/h3-10,12,19H,11,13H2,1-2H3. The minimum absolute atomic E-state index is 0.107. The monoisotopic (exact) mass is 308 g/mol. The van der Waals surface area contributed by atoms with Gasteiger partial charge in [-0.25, -0.2) is 0 Å². The summed E-state index contributed by atoms with van der Waals surface area (Å²) in [5.74, 6) is 1.42. The third-order valence-electron chi connectivity index (χ3n) is 3.81. The highest BCUT2D eigenvalue weighted by Crippen LogP contribution is 2.36. The number of ether oxygens (including phenoxy) is 2. The lowest BCUT2D eigenvalue weighted by molar-refractivity contribution is 0.0849. The molecule has 0 bridgehead atoms. The lowest BCUT2D eigenvalue weighted by Crippen LogP contribution is -2.20. The topological polar surface area (TPSA) is 35.5 Å². The Kier molecular flexibility index (Phi) is 4.47. The second-order valence-electron chi connectivity index (χ2n) is 5.89. The molecule has 0 saturated carbocycles. The number of carbonyl (C=O) groups excluding carboxylic acids is 1. The SMILES string of the molecule is CC(C)=CCOc1ccc2c(c1)OC(c1ccccc1)CC2=O. The van der Waals surface area contributed by atoms with E-state index in [1.807, 2.05) is 56.3 Å². The Bertz CT molecular complexity index is 728. The average molecular weight is 308 g/mol.